The van der Waals surface area contributed by atoms with Gasteiger partial charge in [-0.2, -0.15) is 0 Å². The van der Waals surface area contributed by atoms with E-state index < -0.39 is 12.1 Å². The molecule has 2 rings (SSSR count). The molecule has 2 heterocycles. The van der Waals surface area contributed by atoms with Crippen LogP contribution in [-0.4, -0.2) is 48.7 Å². The number of fused-ring (bicyclic) bond motifs is 1. The Labute approximate surface area is 127 Å². The summed E-state index contributed by atoms with van der Waals surface area (Å²) in [6.07, 6.45) is 6.12. The second-order valence-corrected chi connectivity index (χ2v) is 6.43. The highest BCUT2D eigenvalue weighted by molar-refractivity contribution is 4.94. The fourth-order valence-corrected chi connectivity index (χ4v) is 3.01. The van der Waals surface area contributed by atoms with Crippen LogP contribution in [0.15, 0.2) is 0 Å². The van der Waals surface area contributed by atoms with Crippen LogP contribution in [0.3, 0.4) is 0 Å². The third-order valence-corrected chi connectivity index (χ3v) is 4.07. The van der Waals surface area contributed by atoms with Crippen LogP contribution in [0.2, 0.25) is 0 Å². The van der Waals surface area contributed by atoms with Crippen LogP contribution in [-0.2, 0) is 18.9 Å². The van der Waals surface area contributed by atoms with E-state index in [0.29, 0.717) is 6.61 Å². The maximum absolute atomic E-state index is 9.38. The monoisotopic (exact) mass is 302 g/mol. The second-order valence-electron chi connectivity index (χ2n) is 6.43. The SMILES string of the molecule is CCCCCCCCO[C@@H]1O[C@H](CO)[C@H]2OC(C)(C)O[C@@H]12. The lowest BCUT2D eigenvalue weighted by molar-refractivity contribution is -0.236. The number of aliphatic hydroxyl groups is 1. The van der Waals surface area contributed by atoms with E-state index in [4.69, 9.17) is 18.9 Å². The van der Waals surface area contributed by atoms with Gasteiger partial charge >= 0.3 is 0 Å². The molecule has 0 aromatic carbocycles. The van der Waals surface area contributed by atoms with E-state index in [1.165, 1.54) is 32.1 Å². The molecule has 0 bridgehead atoms. The largest absolute Gasteiger partial charge is 0.394 e. The van der Waals surface area contributed by atoms with Crippen LogP contribution < -0.4 is 0 Å². The molecule has 0 aromatic heterocycles. The Morgan fingerprint density at radius 1 is 1.00 bits per heavy atom. The van der Waals surface area contributed by atoms with Crippen molar-refractivity contribution in [2.75, 3.05) is 13.2 Å². The molecule has 0 amide bonds. The molecular formula is C16H30O5. The average Bonchev–Trinajstić information content (AvgIpc) is 2.91. The minimum absolute atomic E-state index is 0.0719. The number of hydrogen-bond acceptors (Lipinski definition) is 5. The quantitative estimate of drug-likeness (QED) is 0.663. The van der Waals surface area contributed by atoms with Crippen LogP contribution >= 0.6 is 0 Å². The molecule has 2 aliphatic heterocycles. The zero-order valence-corrected chi connectivity index (χ0v) is 13.5. The van der Waals surface area contributed by atoms with Gasteiger partial charge in [0, 0.05) is 6.61 Å². The molecule has 0 aromatic rings. The zero-order chi connectivity index (χ0) is 15.3. The summed E-state index contributed by atoms with van der Waals surface area (Å²) in [7, 11) is 0. The summed E-state index contributed by atoms with van der Waals surface area (Å²) < 4.78 is 23.1. The summed E-state index contributed by atoms with van der Waals surface area (Å²) in [5, 5.41) is 9.38. The molecule has 124 valence electrons. The number of ether oxygens (including phenoxy) is 4. The molecule has 1 N–H and O–H groups in total. The van der Waals surface area contributed by atoms with Crippen molar-refractivity contribution >= 4 is 0 Å². The third-order valence-electron chi connectivity index (χ3n) is 4.07. The number of unbranched alkanes of at least 4 members (excludes halogenated alkanes) is 5. The van der Waals surface area contributed by atoms with Crippen LogP contribution in [0.4, 0.5) is 0 Å². The lowest BCUT2D eigenvalue weighted by Gasteiger charge is -2.23. The molecule has 0 aliphatic carbocycles. The van der Waals surface area contributed by atoms with Crippen molar-refractivity contribution in [1.82, 2.24) is 0 Å². The van der Waals surface area contributed by atoms with Gasteiger partial charge in [-0.05, 0) is 20.3 Å². The van der Waals surface area contributed by atoms with Gasteiger partial charge in [0.2, 0.25) is 0 Å². The number of rotatable bonds is 9. The molecule has 2 saturated heterocycles. The third kappa shape index (κ3) is 4.63. The number of aliphatic hydroxyl groups excluding tert-OH is 1. The Morgan fingerprint density at radius 2 is 1.67 bits per heavy atom. The fourth-order valence-electron chi connectivity index (χ4n) is 3.01. The van der Waals surface area contributed by atoms with E-state index in [1.54, 1.807) is 0 Å². The van der Waals surface area contributed by atoms with Crippen molar-refractivity contribution in [2.45, 2.75) is 89.7 Å². The van der Waals surface area contributed by atoms with Gasteiger partial charge in [-0.3, -0.25) is 0 Å². The Morgan fingerprint density at radius 3 is 2.38 bits per heavy atom. The maximum atomic E-state index is 9.38. The number of hydrogen-bond donors (Lipinski definition) is 1. The van der Waals surface area contributed by atoms with E-state index in [0.717, 1.165) is 6.42 Å². The molecule has 0 unspecified atom stereocenters. The summed E-state index contributed by atoms with van der Waals surface area (Å²) in [6, 6.07) is 0. The van der Waals surface area contributed by atoms with E-state index in [-0.39, 0.29) is 24.9 Å². The van der Waals surface area contributed by atoms with Gasteiger partial charge < -0.3 is 24.1 Å². The lowest BCUT2D eigenvalue weighted by Crippen LogP contribution is -2.32. The first kappa shape index (κ1) is 17.2. The first-order valence-electron chi connectivity index (χ1n) is 8.31. The minimum Gasteiger partial charge on any atom is -0.394 e. The Bertz CT molecular complexity index is 307. The molecule has 5 nitrogen and oxygen atoms in total. The van der Waals surface area contributed by atoms with E-state index in [2.05, 4.69) is 6.92 Å². The molecule has 2 aliphatic rings. The minimum atomic E-state index is -0.631. The van der Waals surface area contributed by atoms with E-state index in [9.17, 15) is 5.11 Å². The Balaban J connectivity index is 1.69. The first-order valence-corrected chi connectivity index (χ1v) is 8.31. The molecule has 0 radical (unpaired) electrons. The van der Waals surface area contributed by atoms with Gasteiger partial charge in [0.15, 0.2) is 12.1 Å². The van der Waals surface area contributed by atoms with Gasteiger partial charge in [-0.25, -0.2) is 0 Å². The average molecular weight is 302 g/mol. The highest BCUT2D eigenvalue weighted by Crippen LogP contribution is 2.38. The van der Waals surface area contributed by atoms with E-state index in [1.807, 2.05) is 13.8 Å². The molecule has 0 saturated carbocycles. The van der Waals surface area contributed by atoms with Crippen LogP contribution in [0.1, 0.15) is 59.3 Å². The van der Waals surface area contributed by atoms with Crippen molar-refractivity contribution < 1.29 is 24.1 Å². The molecule has 5 heteroatoms. The molecular weight excluding hydrogens is 272 g/mol. The summed E-state index contributed by atoms with van der Waals surface area (Å²) in [6.45, 7) is 6.58. The molecule has 0 spiro atoms. The molecule has 2 fully saturated rings. The van der Waals surface area contributed by atoms with Crippen molar-refractivity contribution in [3.8, 4) is 0 Å². The summed E-state index contributed by atoms with van der Waals surface area (Å²) >= 11 is 0. The second kappa shape index (κ2) is 7.88. The van der Waals surface area contributed by atoms with Crippen LogP contribution in [0, 0.1) is 0 Å². The van der Waals surface area contributed by atoms with Crippen molar-refractivity contribution in [3.05, 3.63) is 0 Å². The predicted octanol–water partition coefficient (Wildman–Crippen LogP) is 2.60. The van der Waals surface area contributed by atoms with Gasteiger partial charge in [-0.1, -0.05) is 39.0 Å². The van der Waals surface area contributed by atoms with Gasteiger partial charge in [-0.15, -0.1) is 0 Å². The highest BCUT2D eigenvalue weighted by Gasteiger charge is 2.55. The van der Waals surface area contributed by atoms with Crippen LogP contribution in [0.25, 0.3) is 0 Å². The standard InChI is InChI=1S/C16H30O5/c1-4-5-6-7-8-9-10-18-15-14-13(12(11-17)19-15)20-16(2,3)21-14/h12-15,17H,4-11H2,1-3H3/t12-,13-,14-,15-/m1/s1. The summed E-state index contributed by atoms with van der Waals surface area (Å²) in [5.74, 6) is -0.631. The van der Waals surface area contributed by atoms with Gasteiger partial charge in [0.1, 0.15) is 18.3 Å². The van der Waals surface area contributed by atoms with E-state index >= 15 is 0 Å². The normalized spacial score (nSPS) is 34.3. The Kier molecular flexibility index (Phi) is 6.44. The smallest absolute Gasteiger partial charge is 0.187 e. The Hall–Kier alpha value is -0.200. The van der Waals surface area contributed by atoms with Crippen molar-refractivity contribution in [3.63, 3.8) is 0 Å². The predicted molar refractivity (Wildman–Crippen MR) is 78.9 cm³/mol. The first-order chi connectivity index (χ1) is 10.1. The topological polar surface area (TPSA) is 57.2 Å². The van der Waals surface area contributed by atoms with Gasteiger partial charge in [0.25, 0.3) is 0 Å². The summed E-state index contributed by atoms with van der Waals surface area (Å²) in [4.78, 5) is 0. The maximum Gasteiger partial charge on any atom is 0.187 e. The molecule has 21 heavy (non-hydrogen) atoms. The molecule has 4 atom stereocenters. The van der Waals surface area contributed by atoms with Gasteiger partial charge in [0.05, 0.1) is 6.61 Å². The fraction of sp³-hybridized carbons (Fsp3) is 1.00. The zero-order valence-electron chi connectivity index (χ0n) is 13.5. The van der Waals surface area contributed by atoms with Crippen molar-refractivity contribution in [1.29, 1.82) is 0 Å². The highest BCUT2D eigenvalue weighted by atomic mass is 16.8. The lowest BCUT2D eigenvalue weighted by atomic mass is 10.1. The van der Waals surface area contributed by atoms with Crippen molar-refractivity contribution in [2.24, 2.45) is 0 Å². The summed E-state index contributed by atoms with van der Waals surface area (Å²) in [5.41, 5.74) is 0. The van der Waals surface area contributed by atoms with Crippen LogP contribution in [0.5, 0.6) is 0 Å².